The van der Waals surface area contributed by atoms with E-state index in [9.17, 15) is 9.18 Å². The largest absolute Gasteiger partial charge is 0.446 e. The Morgan fingerprint density at radius 2 is 2.30 bits per heavy atom. The summed E-state index contributed by atoms with van der Waals surface area (Å²) in [5.74, 6) is -0.489. The number of rotatable bonds is 3. The van der Waals surface area contributed by atoms with Crippen LogP contribution in [0.25, 0.3) is 0 Å². The molecule has 0 radical (unpaired) electrons. The van der Waals surface area contributed by atoms with Gasteiger partial charge in [-0.05, 0) is 33.1 Å². The number of ether oxygens (including phenoxy) is 1. The van der Waals surface area contributed by atoms with Gasteiger partial charge in [0, 0.05) is 12.0 Å². The first kappa shape index (κ1) is 14.5. The van der Waals surface area contributed by atoms with Gasteiger partial charge in [0.2, 0.25) is 5.95 Å². The van der Waals surface area contributed by atoms with E-state index in [1.807, 2.05) is 13.8 Å². The molecule has 1 heterocycles. The number of hydrogen-bond donors (Lipinski definition) is 2. The molecule has 1 aliphatic carbocycles. The van der Waals surface area contributed by atoms with Crippen molar-refractivity contribution < 1.29 is 13.9 Å². The van der Waals surface area contributed by atoms with Crippen LogP contribution in [0.4, 0.5) is 15.1 Å². The lowest BCUT2D eigenvalue weighted by atomic mass is 10.0. The van der Waals surface area contributed by atoms with Gasteiger partial charge in [-0.25, -0.2) is 19.2 Å². The van der Waals surface area contributed by atoms with Crippen molar-refractivity contribution >= 4 is 12.0 Å². The van der Waals surface area contributed by atoms with E-state index in [1.54, 1.807) is 0 Å². The first-order valence-electron chi connectivity index (χ1n) is 6.70. The zero-order valence-electron chi connectivity index (χ0n) is 11.6. The molecule has 0 bridgehead atoms. The number of nitrogen functional groups attached to an aromatic ring is 1. The summed E-state index contributed by atoms with van der Waals surface area (Å²) in [7, 11) is 0. The van der Waals surface area contributed by atoms with Crippen molar-refractivity contribution in [3.8, 4) is 0 Å². The highest BCUT2D eigenvalue weighted by Crippen LogP contribution is 2.36. The summed E-state index contributed by atoms with van der Waals surface area (Å²) in [6.07, 6.45) is 2.39. The number of amides is 1. The molecule has 1 saturated carbocycles. The maximum Gasteiger partial charge on any atom is 0.407 e. The van der Waals surface area contributed by atoms with Crippen molar-refractivity contribution in [2.45, 2.75) is 51.2 Å². The first-order chi connectivity index (χ1) is 9.45. The second-order valence-corrected chi connectivity index (χ2v) is 5.30. The normalized spacial score (nSPS) is 22.0. The van der Waals surface area contributed by atoms with E-state index in [-0.39, 0.29) is 24.0 Å². The molecule has 2 atom stereocenters. The van der Waals surface area contributed by atoms with E-state index < -0.39 is 11.9 Å². The van der Waals surface area contributed by atoms with Gasteiger partial charge < -0.3 is 15.8 Å². The van der Waals surface area contributed by atoms with Gasteiger partial charge in [-0.2, -0.15) is 0 Å². The van der Waals surface area contributed by atoms with Crippen LogP contribution in [0.15, 0.2) is 6.20 Å². The number of anilines is 1. The van der Waals surface area contributed by atoms with Crippen LogP contribution < -0.4 is 11.1 Å². The molecule has 2 rings (SSSR count). The van der Waals surface area contributed by atoms with Crippen molar-refractivity contribution in [1.29, 1.82) is 0 Å². The Hall–Kier alpha value is -1.92. The molecule has 0 aromatic carbocycles. The number of halogens is 1. The summed E-state index contributed by atoms with van der Waals surface area (Å²) in [5.41, 5.74) is 5.79. The number of aromatic nitrogens is 2. The van der Waals surface area contributed by atoms with E-state index in [1.165, 1.54) is 0 Å². The maximum atomic E-state index is 13.7. The molecule has 7 heteroatoms. The highest BCUT2D eigenvalue weighted by atomic mass is 19.1. The van der Waals surface area contributed by atoms with E-state index >= 15 is 0 Å². The van der Waals surface area contributed by atoms with Crippen LogP contribution in [0.3, 0.4) is 0 Å². The summed E-state index contributed by atoms with van der Waals surface area (Å²) in [5, 5.41) is 2.66. The molecule has 1 aromatic heterocycles. The molecule has 2 unspecified atom stereocenters. The second kappa shape index (κ2) is 6.02. The molecule has 1 amide bonds. The predicted octanol–water partition coefficient (Wildman–Crippen LogP) is 1.97. The van der Waals surface area contributed by atoms with Gasteiger partial charge in [0.05, 0.1) is 11.9 Å². The molecular weight excluding hydrogens is 263 g/mol. The summed E-state index contributed by atoms with van der Waals surface area (Å²) < 4.78 is 19.0. The topological polar surface area (TPSA) is 90.1 Å². The van der Waals surface area contributed by atoms with Crippen molar-refractivity contribution in [3.63, 3.8) is 0 Å². The van der Waals surface area contributed by atoms with Crippen LogP contribution in [-0.2, 0) is 4.74 Å². The summed E-state index contributed by atoms with van der Waals surface area (Å²) >= 11 is 0. The highest BCUT2D eigenvalue weighted by Gasteiger charge is 2.31. The lowest BCUT2D eigenvalue weighted by molar-refractivity contribution is 0.0981. The van der Waals surface area contributed by atoms with Gasteiger partial charge in [0.15, 0.2) is 5.82 Å². The standard InChI is InChI=1S/C13H19FN4O2/c1-7(2)17-13(19)20-9-4-3-8(5-9)11-10(14)6-16-12(15)18-11/h6-9H,3-5H2,1-2H3,(H,17,19)(H2,15,16,18). The number of nitrogens with one attached hydrogen (secondary N) is 1. The number of carbonyl (C=O) groups is 1. The lowest BCUT2D eigenvalue weighted by Crippen LogP contribution is -2.33. The fourth-order valence-electron chi connectivity index (χ4n) is 2.40. The third kappa shape index (κ3) is 3.55. The molecular formula is C13H19FN4O2. The van der Waals surface area contributed by atoms with E-state index in [0.29, 0.717) is 25.0 Å². The molecule has 1 fully saturated rings. The molecule has 0 spiro atoms. The minimum atomic E-state index is -0.462. The third-order valence-corrected chi connectivity index (χ3v) is 3.24. The highest BCUT2D eigenvalue weighted by molar-refractivity contribution is 5.67. The third-order valence-electron chi connectivity index (χ3n) is 3.24. The monoisotopic (exact) mass is 282 g/mol. The minimum Gasteiger partial charge on any atom is -0.446 e. The average molecular weight is 282 g/mol. The number of nitrogens with two attached hydrogens (primary N) is 1. The molecule has 3 N–H and O–H groups in total. The van der Waals surface area contributed by atoms with Gasteiger partial charge in [-0.15, -0.1) is 0 Å². The van der Waals surface area contributed by atoms with Crippen molar-refractivity contribution in [2.24, 2.45) is 0 Å². The Kier molecular flexibility index (Phi) is 4.36. The summed E-state index contributed by atoms with van der Waals surface area (Å²) in [6, 6.07) is 0.0267. The van der Waals surface area contributed by atoms with Crippen LogP contribution in [0.2, 0.25) is 0 Å². The Balaban J connectivity index is 1.95. The molecule has 1 aromatic rings. The molecule has 110 valence electrons. The second-order valence-electron chi connectivity index (χ2n) is 5.30. The van der Waals surface area contributed by atoms with Crippen LogP contribution in [0, 0.1) is 5.82 Å². The Morgan fingerprint density at radius 3 is 3.00 bits per heavy atom. The maximum absolute atomic E-state index is 13.7. The number of carbonyl (C=O) groups excluding carboxylic acids is 1. The van der Waals surface area contributed by atoms with E-state index in [2.05, 4.69) is 15.3 Å². The number of alkyl carbamates (subject to hydrolysis) is 1. The molecule has 1 aliphatic rings. The van der Waals surface area contributed by atoms with Crippen LogP contribution in [0.5, 0.6) is 0 Å². The summed E-state index contributed by atoms with van der Waals surface area (Å²) in [4.78, 5) is 19.1. The quantitative estimate of drug-likeness (QED) is 0.884. The fourth-order valence-corrected chi connectivity index (χ4v) is 2.40. The van der Waals surface area contributed by atoms with Crippen molar-refractivity contribution in [3.05, 3.63) is 17.7 Å². The van der Waals surface area contributed by atoms with E-state index in [0.717, 1.165) is 6.20 Å². The summed E-state index contributed by atoms with van der Waals surface area (Å²) in [6.45, 7) is 3.72. The Morgan fingerprint density at radius 1 is 1.55 bits per heavy atom. The minimum absolute atomic E-state index is 0.0267. The zero-order valence-corrected chi connectivity index (χ0v) is 11.6. The average Bonchev–Trinajstić information content (AvgIpc) is 2.79. The zero-order chi connectivity index (χ0) is 14.7. The van der Waals surface area contributed by atoms with Gasteiger partial charge >= 0.3 is 6.09 Å². The molecule has 20 heavy (non-hydrogen) atoms. The van der Waals surface area contributed by atoms with Gasteiger partial charge in [0.25, 0.3) is 0 Å². The number of nitrogens with zero attached hydrogens (tertiary/aromatic N) is 2. The Bertz CT molecular complexity index is 495. The smallest absolute Gasteiger partial charge is 0.407 e. The number of hydrogen-bond acceptors (Lipinski definition) is 5. The SMILES string of the molecule is CC(C)NC(=O)OC1CCC(c2nc(N)ncc2F)C1. The van der Waals surface area contributed by atoms with E-state index in [4.69, 9.17) is 10.5 Å². The van der Waals surface area contributed by atoms with Gasteiger partial charge in [0.1, 0.15) is 6.10 Å². The first-order valence-corrected chi connectivity index (χ1v) is 6.70. The predicted molar refractivity (Wildman–Crippen MR) is 71.5 cm³/mol. The molecule has 0 saturated heterocycles. The fraction of sp³-hybridized carbons (Fsp3) is 0.615. The van der Waals surface area contributed by atoms with Crippen LogP contribution in [0.1, 0.15) is 44.7 Å². The van der Waals surface area contributed by atoms with Gasteiger partial charge in [-0.1, -0.05) is 0 Å². The van der Waals surface area contributed by atoms with Gasteiger partial charge in [-0.3, -0.25) is 0 Å². The lowest BCUT2D eigenvalue weighted by Gasteiger charge is -2.15. The van der Waals surface area contributed by atoms with Crippen molar-refractivity contribution in [2.75, 3.05) is 5.73 Å². The van der Waals surface area contributed by atoms with Crippen LogP contribution in [-0.4, -0.2) is 28.2 Å². The van der Waals surface area contributed by atoms with Crippen molar-refractivity contribution in [1.82, 2.24) is 15.3 Å². The van der Waals surface area contributed by atoms with Crippen LogP contribution >= 0.6 is 0 Å². The molecule has 0 aliphatic heterocycles. The Labute approximate surface area is 116 Å². The molecule has 6 nitrogen and oxygen atoms in total.